The fourth-order valence-corrected chi connectivity index (χ4v) is 2.95. The van der Waals surface area contributed by atoms with Crippen molar-refractivity contribution >= 4 is 25.8 Å². The normalized spacial score (nSPS) is 13.5. The van der Waals surface area contributed by atoms with Crippen LogP contribution in [0, 0.1) is 0 Å². The van der Waals surface area contributed by atoms with Gasteiger partial charge in [-0.25, -0.2) is 8.42 Å². The molecule has 0 saturated heterocycles. The van der Waals surface area contributed by atoms with Gasteiger partial charge in [0.15, 0.2) is 0 Å². The van der Waals surface area contributed by atoms with Crippen molar-refractivity contribution in [1.82, 2.24) is 0 Å². The zero-order valence-corrected chi connectivity index (χ0v) is 12.9. The molecule has 1 N–H and O–H groups in total. The molecule has 0 heterocycles. The van der Waals surface area contributed by atoms with Gasteiger partial charge in [0.1, 0.15) is 9.84 Å². The Labute approximate surface area is 117 Å². The molecule has 0 radical (unpaired) electrons. The monoisotopic (exact) mass is 334 g/mol. The first-order chi connectivity index (χ1) is 8.48. The van der Waals surface area contributed by atoms with Crippen LogP contribution in [0.15, 0.2) is 28.7 Å². The van der Waals surface area contributed by atoms with Gasteiger partial charge in [-0.3, -0.25) is 0 Å². The van der Waals surface area contributed by atoms with Crippen LogP contribution in [-0.4, -0.2) is 31.6 Å². The lowest BCUT2D eigenvalue weighted by Crippen LogP contribution is -2.11. The lowest BCUT2D eigenvalue weighted by molar-refractivity contribution is 0.258. The average molecular weight is 335 g/mol. The van der Waals surface area contributed by atoms with Crippen LogP contribution in [0.25, 0.3) is 0 Å². The lowest BCUT2D eigenvalue weighted by atomic mass is 9.95. The van der Waals surface area contributed by atoms with Gasteiger partial charge in [-0.05, 0) is 30.5 Å². The molecule has 0 aliphatic carbocycles. The molecule has 0 fully saturated rings. The molecule has 18 heavy (non-hydrogen) atoms. The molecule has 5 heteroatoms. The Morgan fingerprint density at radius 1 is 1.28 bits per heavy atom. The zero-order chi connectivity index (χ0) is 13.6. The van der Waals surface area contributed by atoms with E-state index in [-0.39, 0.29) is 24.0 Å². The molecule has 0 spiro atoms. The topological polar surface area (TPSA) is 54.4 Å². The summed E-state index contributed by atoms with van der Waals surface area (Å²) in [5.74, 6) is 0.413. The summed E-state index contributed by atoms with van der Waals surface area (Å²) >= 11 is 3.36. The third-order valence-corrected chi connectivity index (χ3v) is 5.33. The molecular weight excluding hydrogens is 316 g/mol. The third-order valence-electron chi connectivity index (χ3n) is 3.01. The van der Waals surface area contributed by atoms with E-state index in [1.807, 2.05) is 24.3 Å². The van der Waals surface area contributed by atoms with Crippen LogP contribution in [0.1, 0.15) is 31.2 Å². The minimum atomic E-state index is -2.90. The SMILES string of the molecule is CCS(=O)(=O)CCCC(CO)c1ccc(Br)cc1. The van der Waals surface area contributed by atoms with Crippen LogP contribution in [0.2, 0.25) is 0 Å². The molecule has 0 aliphatic rings. The number of aliphatic hydroxyl groups excluding tert-OH is 1. The van der Waals surface area contributed by atoms with Crippen LogP contribution in [0.4, 0.5) is 0 Å². The lowest BCUT2D eigenvalue weighted by Gasteiger charge is -2.14. The Morgan fingerprint density at radius 2 is 1.89 bits per heavy atom. The summed E-state index contributed by atoms with van der Waals surface area (Å²) in [4.78, 5) is 0. The van der Waals surface area contributed by atoms with Crippen molar-refractivity contribution in [3.63, 3.8) is 0 Å². The maximum atomic E-state index is 11.4. The van der Waals surface area contributed by atoms with Crippen molar-refractivity contribution in [2.45, 2.75) is 25.7 Å². The number of aliphatic hydroxyl groups is 1. The number of hydrogen-bond acceptors (Lipinski definition) is 3. The fraction of sp³-hybridized carbons (Fsp3) is 0.538. The average Bonchev–Trinajstić information content (AvgIpc) is 2.36. The quantitative estimate of drug-likeness (QED) is 0.834. The van der Waals surface area contributed by atoms with E-state index in [9.17, 15) is 13.5 Å². The van der Waals surface area contributed by atoms with Crippen LogP contribution in [0.5, 0.6) is 0 Å². The van der Waals surface area contributed by atoms with Crippen molar-refractivity contribution in [3.8, 4) is 0 Å². The van der Waals surface area contributed by atoms with E-state index in [4.69, 9.17) is 0 Å². The predicted molar refractivity (Wildman–Crippen MR) is 77.5 cm³/mol. The van der Waals surface area contributed by atoms with Gasteiger partial charge in [0.05, 0.1) is 5.75 Å². The number of rotatable bonds is 7. The molecule has 0 saturated carbocycles. The minimum Gasteiger partial charge on any atom is -0.396 e. The molecule has 3 nitrogen and oxygen atoms in total. The Morgan fingerprint density at radius 3 is 2.39 bits per heavy atom. The van der Waals surface area contributed by atoms with E-state index in [0.29, 0.717) is 12.8 Å². The summed E-state index contributed by atoms with van der Waals surface area (Å²) in [5, 5.41) is 9.37. The molecule has 1 aromatic rings. The first kappa shape index (κ1) is 15.7. The third kappa shape index (κ3) is 5.08. The van der Waals surface area contributed by atoms with Gasteiger partial charge < -0.3 is 5.11 Å². The Balaban J connectivity index is 2.55. The number of benzene rings is 1. The maximum absolute atomic E-state index is 11.4. The highest BCUT2D eigenvalue weighted by Crippen LogP contribution is 2.23. The van der Waals surface area contributed by atoms with E-state index in [0.717, 1.165) is 10.0 Å². The van der Waals surface area contributed by atoms with Gasteiger partial charge in [-0.2, -0.15) is 0 Å². The Kier molecular flexibility index (Phi) is 6.32. The van der Waals surface area contributed by atoms with Gasteiger partial charge in [0.25, 0.3) is 0 Å². The molecule has 1 unspecified atom stereocenters. The summed E-state index contributed by atoms with van der Waals surface area (Å²) in [6.07, 6.45) is 1.29. The standard InChI is InChI=1S/C13H19BrO3S/c1-2-18(16,17)9-3-4-12(10-15)11-5-7-13(14)8-6-11/h5-8,12,15H,2-4,9-10H2,1H3. The summed E-state index contributed by atoms with van der Waals surface area (Å²) in [6.45, 7) is 1.71. The fourth-order valence-electron chi connectivity index (χ4n) is 1.79. The van der Waals surface area contributed by atoms with Crippen LogP contribution in [-0.2, 0) is 9.84 Å². The second-order valence-corrected chi connectivity index (χ2v) is 7.70. The predicted octanol–water partition coefficient (Wildman–Crippen LogP) is 2.74. The molecule has 1 aromatic carbocycles. The first-order valence-corrected chi connectivity index (χ1v) is 8.66. The first-order valence-electron chi connectivity index (χ1n) is 6.05. The van der Waals surface area contributed by atoms with Crippen LogP contribution >= 0.6 is 15.9 Å². The zero-order valence-electron chi connectivity index (χ0n) is 10.5. The number of hydrogen-bond donors (Lipinski definition) is 1. The van der Waals surface area contributed by atoms with Gasteiger partial charge in [0, 0.05) is 22.8 Å². The second kappa shape index (κ2) is 7.26. The summed E-state index contributed by atoms with van der Waals surface area (Å²) in [6, 6.07) is 7.78. The molecule has 0 aromatic heterocycles. The van der Waals surface area contributed by atoms with Crippen molar-refractivity contribution in [3.05, 3.63) is 34.3 Å². The van der Waals surface area contributed by atoms with E-state index < -0.39 is 9.84 Å². The molecular formula is C13H19BrO3S. The molecule has 0 amide bonds. The van der Waals surface area contributed by atoms with Gasteiger partial charge >= 0.3 is 0 Å². The van der Waals surface area contributed by atoms with Gasteiger partial charge in [0.2, 0.25) is 0 Å². The molecule has 1 atom stereocenters. The summed E-state index contributed by atoms with van der Waals surface area (Å²) in [7, 11) is -2.90. The van der Waals surface area contributed by atoms with Crippen LogP contribution < -0.4 is 0 Å². The highest BCUT2D eigenvalue weighted by atomic mass is 79.9. The largest absolute Gasteiger partial charge is 0.396 e. The van der Waals surface area contributed by atoms with Crippen molar-refractivity contribution in [2.75, 3.05) is 18.1 Å². The van der Waals surface area contributed by atoms with E-state index >= 15 is 0 Å². The van der Waals surface area contributed by atoms with E-state index in [2.05, 4.69) is 15.9 Å². The molecule has 1 rings (SSSR count). The summed E-state index contributed by atoms with van der Waals surface area (Å²) < 4.78 is 23.8. The van der Waals surface area contributed by atoms with E-state index in [1.165, 1.54) is 0 Å². The number of halogens is 1. The highest BCUT2D eigenvalue weighted by molar-refractivity contribution is 9.10. The van der Waals surface area contributed by atoms with Crippen molar-refractivity contribution in [2.24, 2.45) is 0 Å². The highest BCUT2D eigenvalue weighted by Gasteiger charge is 2.13. The number of sulfone groups is 1. The molecule has 0 bridgehead atoms. The second-order valence-electron chi connectivity index (χ2n) is 4.31. The van der Waals surface area contributed by atoms with Crippen molar-refractivity contribution < 1.29 is 13.5 Å². The van der Waals surface area contributed by atoms with Gasteiger partial charge in [-0.15, -0.1) is 0 Å². The van der Waals surface area contributed by atoms with Crippen LogP contribution in [0.3, 0.4) is 0 Å². The summed E-state index contributed by atoms with van der Waals surface area (Å²) in [5.41, 5.74) is 1.05. The Bertz CT molecular complexity index is 454. The van der Waals surface area contributed by atoms with E-state index in [1.54, 1.807) is 6.92 Å². The smallest absolute Gasteiger partial charge is 0.150 e. The van der Waals surface area contributed by atoms with Gasteiger partial charge in [-0.1, -0.05) is 35.0 Å². The molecule has 102 valence electrons. The minimum absolute atomic E-state index is 0.0187. The van der Waals surface area contributed by atoms with Crippen molar-refractivity contribution in [1.29, 1.82) is 0 Å². The Hall–Kier alpha value is -0.390. The molecule has 0 aliphatic heterocycles. The maximum Gasteiger partial charge on any atom is 0.150 e.